The number of rotatable bonds is 9. The number of allylic oxidation sites excluding steroid dienone is 1. The van der Waals surface area contributed by atoms with Crippen LogP contribution in [0.4, 0.5) is 0 Å². The van der Waals surface area contributed by atoms with Crippen LogP contribution in [0, 0.1) is 5.41 Å². The number of nitrogens with zero attached hydrogens (tertiary/aromatic N) is 4. The van der Waals surface area contributed by atoms with Crippen molar-refractivity contribution in [2.45, 2.75) is 62.7 Å². The number of hydrogen-bond donors (Lipinski definition) is 1. The van der Waals surface area contributed by atoms with Gasteiger partial charge in [-0.2, -0.15) is 4.98 Å². The molecule has 4 aliphatic rings. The number of carbonyl (C=O) groups is 1. The Labute approximate surface area is 275 Å². The van der Waals surface area contributed by atoms with E-state index in [0.29, 0.717) is 44.5 Å². The molecule has 0 unspecified atom stereocenters. The van der Waals surface area contributed by atoms with E-state index < -0.39 is 15.9 Å². The molecule has 4 fully saturated rings. The number of benzene rings is 1. The third kappa shape index (κ3) is 5.71. The van der Waals surface area contributed by atoms with Crippen molar-refractivity contribution < 1.29 is 27.0 Å². The normalized spacial score (nSPS) is 22.8. The minimum absolute atomic E-state index is 0.0175. The number of amides is 1. The van der Waals surface area contributed by atoms with E-state index in [9.17, 15) is 13.2 Å². The molecule has 0 saturated heterocycles. The summed E-state index contributed by atoms with van der Waals surface area (Å²) in [6, 6.07) is 4.79. The average molecular weight is 685 g/mol. The summed E-state index contributed by atoms with van der Waals surface area (Å²) < 4.78 is 42.2. The molecule has 14 heteroatoms. The molecular formula is C32H31Cl2N5O6S. The van der Waals surface area contributed by atoms with Gasteiger partial charge in [0.25, 0.3) is 5.91 Å². The van der Waals surface area contributed by atoms with Crippen molar-refractivity contribution in [1.82, 2.24) is 25.0 Å². The second-order valence-corrected chi connectivity index (χ2v) is 15.1. The van der Waals surface area contributed by atoms with Crippen LogP contribution in [0.1, 0.15) is 84.9 Å². The van der Waals surface area contributed by atoms with Crippen LogP contribution >= 0.6 is 23.2 Å². The van der Waals surface area contributed by atoms with Crippen LogP contribution in [0.2, 0.25) is 10.0 Å². The fourth-order valence-corrected chi connectivity index (χ4v) is 7.77. The van der Waals surface area contributed by atoms with Gasteiger partial charge in [0.1, 0.15) is 17.2 Å². The number of pyridine rings is 1. The van der Waals surface area contributed by atoms with Crippen LogP contribution in [0.3, 0.4) is 0 Å². The van der Waals surface area contributed by atoms with Gasteiger partial charge < -0.3 is 13.8 Å². The number of carbonyl (C=O) groups excluding carboxylic acids is 1. The first-order chi connectivity index (χ1) is 22.0. The smallest absolute Gasteiger partial charge is 0.268 e. The zero-order chi connectivity index (χ0) is 32.3. The fourth-order valence-electron chi connectivity index (χ4n) is 6.78. The second-order valence-electron chi connectivity index (χ2n) is 12.6. The van der Waals surface area contributed by atoms with Crippen LogP contribution in [0.15, 0.2) is 45.7 Å². The van der Waals surface area contributed by atoms with Crippen molar-refractivity contribution >= 4 is 45.2 Å². The maximum Gasteiger partial charge on any atom is 0.268 e. The minimum atomic E-state index is -3.77. The zero-order valence-corrected chi connectivity index (χ0v) is 27.5. The van der Waals surface area contributed by atoms with Gasteiger partial charge in [-0.3, -0.25) is 9.78 Å². The van der Waals surface area contributed by atoms with E-state index in [1.54, 1.807) is 24.5 Å². The molecule has 4 saturated carbocycles. The molecule has 2 bridgehead atoms. The molecule has 1 N–H and O–H groups in total. The van der Waals surface area contributed by atoms with E-state index in [-0.39, 0.29) is 22.1 Å². The maximum absolute atomic E-state index is 12.6. The topological polar surface area (TPSA) is 150 Å². The molecule has 0 atom stereocenters. The molecule has 1 amide bonds. The van der Waals surface area contributed by atoms with Crippen LogP contribution in [-0.4, -0.2) is 48.0 Å². The first kappa shape index (κ1) is 30.9. The SMILES string of the molecule is COc1ccc(-c2noc(C34CCC(/C=C/c5c(-c6c(Cl)cncc6Cl)noc5C5CC5)(CC3)CC4)n2)cc1C(=O)NS(C)(=O)=O. The van der Waals surface area contributed by atoms with E-state index >= 15 is 0 Å². The standard InChI is InChI=1S/C32H31Cl2N5O6S/c1-43-24-6-5-19(15-21(24)29(40)39-46(2,41)42)28-36-30(45-38-28)32-12-9-31(10-13-32,11-14-32)8-7-20-26(37-44-27(20)18-3-4-18)25-22(33)16-35-17-23(25)34/h5-8,15-18H,3-4,9-14H2,1-2H3,(H,39,40)/b8-7+. The van der Waals surface area contributed by atoms with Gasteiger partial charge in [-0.1, -0.05) is 45.7 Å². The highest BCUT2D eigenvalue weighted by Gasteiger charge is 2.51. The summed E-state index contributed by atoms with van der Waals surface area (Å²) in [7, 11) is -2.36. The molecule has 0 aliphatic heterocycles. The number of methoxy groups -OCH3 is 1. The molecule has 8 rings (SSSR count). The molecule has 240 valence electrons. The van der Waals surface area contributed by atoms with E-state index in [1.165, 1.54) is 13.2 Å². The van der Waals surface area contributed by atoms with Gasteiger partial charge in [0.05, 0.1) is 29.0 Å². The van der Waals surface area contributed by atoms with Gasteiger partial charge in [-0.15, -0.1) is 0 Å². The number of aromatic nitrogens is 4. The highest BCUT2D eigenvalue weighted by Crippen LogP contribution is 2.58. The van der Waals surface area contributed by atoms with Gasteiger partial charge in [0.15, 0.2) is 0 Å². The Balaban J connectivity index is 1.11. The Morgan fingerprint density at radius 3 is 2.37 bits per heavy atom. The summed E-state index contributed by atoms with van der Waals surface area (Å²) in [5.41, 5.74) is 2.55. The number of hydrogen-bond acceptors (Lipinski definition) is 10. The van der Waals surface area contributed by atoms with Gasteiger partial charge in [0.2, 0.25) is 21.7 Å². The number of nitrogens with one attached hydrogen (secondary N) is 1. The maximum atomic E-state index is 12.6. The third-order valence-corrected chi connectivity index (χ3v) is 10.7. The van der Waals surface area contributed by atoms with Gasteiger partial charge >= 0.3 is 0 Å². The molecule has 3 heterocycles. The third-order valence-electron chi connectivity index (χ3n) is 9.56. The number of fused-ring (bicyclic) bond motifs is 3. The molecule has 0 spiro atoms. The van der Waals surface area contributed by atoms with Gasteiger partial charge in [-0.05, 0) is 75.0 Å². The summed E-state index contributed by atoms with van der Waals surface area (Å²) in [5.74, 6) is 1.56. The fraction of sp³-hybridized carbons (Fsp3) is 0.406. The predicted octanol–water partition coefficient (Wildman–Crippen LogP) is 6.97. The predicted molar refractivity (Wildman–Crippen MR) is 171 cm³/mol. The molecule has 46 heavy (non-hydrogen) atoms. The number of ether oxygens (including phenoxy) is 1. The molecule has 4 aliphatic carbocycles. The Morgan fingerprint density at radius 1 is 1.04 bits per heavy atom. The Bertz CT molecular complexity index is 1940. The largest absolute Gasteiger partial charge is 0.496 e. The lowest BCUT2D eigenvalue weighted by Crippen LogP contribution is -2.43. The first-order valence-corrected chi connectivity index (χ1v) is 17.7. The Morgan fingerprint density at radius 2 is 1.74 bits per heavy atom. The number of sulfonamides is 1. The van der Waals surface area contributed by atoms with E-state index in [1.807, 2.05) is 4.72 Å². The first-order valence-electron chi connectivity index (χ1n) is 15.0. The second kappa shape index (κ2) is 11.5. The molecule has 11 nitrogen and oxygen atoms in total. The van der Waals surface area contributed by atoms with Crippen LogP contribution in [0.25, 0.3) is 28.7 Å². The van der Waals surface area contributed by atoms with Crippen molar-refractivity contribution in [3.63, 3.8) is 0 Å². The lowest BCUT2D eigenvalue weighted by atomic mass is 9.53. The Kier molecular flexibility index (Phi) is 7.72. The van der Waals surface area contributed by atoms with Crippen molar-refractivity contribution in [3.8, 4) is 28.4 Å². The van der Waals surface area contributed by atoms with E-state index in [4.69, 9.17) is 42.0 Å². The Hall–Kier alpha value is -3.74. The van der Waals surface area contributed by atoms with Crippen LogP contribution in [-0.2, 0) is 15.4 Å². The zero-order valence-electron chi connectivity index (χ0n) is 25.2. The molecule has 3 aromatic heterocycles. The molecular weight excluding hydrogens is 653 g/mol. The molecule has 0 radical (unpaired) electrons. The summed E-state index contributed by atoms with van der Waals surface area (Å²) >= 11 is 13.0. The van der Waals surface area contributed by atoms with Crippen molar-refractivity contribution in [2.75, 3.05) is 13.4 Å². The van der Waals surface area contributed by atoms with Crippen LogP contribution in [0.5, 0.6) is 5.75 Å². The quantitative estimate of drug-likeness (QED) is 0.196. The molecule has 4 aromatic rings. The average Bonchev–Trinajstić information content (AvgIpc) is 3.59. The van der Waals surface area contributed by atoms with E-state index in [0.717, 1.165) is 68.9 Å². The highest BCUT2D eigenvalue weighted by molar-refractivity contribution is 7.89. The van der Waals surface area contributed by atoms with Crippen molar-refractivity contribution in [3.05, 3.63) is 69.5 Å². The summed E-state index contributed by atoms with van der Waals surface area (Å²) in [5, 5.41) is 9.50. The lowest BCUT2D eigenvalue weighted by molar-refractivity contribution is 0.0569. The summed E-state index contributed by atoms with van der Waals surface area (Å²) in [6.07, 6.45) is 16.2. The van der Waals surface area contributed by atoms with Crippen molar-refractivity contribution in [2.24, 2.45) is 5.41 Å². The minimum Gasteiger partial charge on any atom is -0.496 e. The monoisotopic (exact) mass is 683 g/mol. The lowest BCUT2D eigenvalue weighted by Gasteiger charge is -2.50. The molecule has 1 aromatic carbocycles. The summed E-state index contributed by atoms with van der Waals surface area (Å²) in [6.45, 7) is 0. The van der Waals surface area contributed by atoms with Gasteiger partial charge in [-0.25, -0.2) is 13.1 Å². The highest BCUT2D eigenvalue weighted by atomic mass is 35.5. The number of halogens is 2. The van der Waals surface area contributed by atoms with Crippen molar-refractivity contribution in [1.29, 1.82) is 0 Å². The van der Waals surface area contributed by atoms with E-state index in [2.05, 4.69) is 27.4 Å². The summed E-state index contributed by atoms with van der Waals surface area (Å²) in [4.78, 5) is 21.5. The van der Waals surface area contributed by atoms with Crippen LogP contribution < -0.4 is 9.46 Å². The van der Waals surface area contributed by atoms with Gasteiger partial charge in [0, 0.05) is 40.4 Å².